The second kappa shape index (κ2) is 9.87. The maximum atomic E-state index is 12.4. The van der Waals surface area contributed by atoms with Gasteiger partial charge in [0.25, 0.3) is 0 Å². The molecule has 0 aromatic heterocycles. The molecule has 0 aromatic rings. The number of hydrogen-bond acceptors (Lipinski definition) is 7. The van der Waals surface area contributed by atoms with Crippen LogP contribution in [0.4, 0.5) is 4.79 Å². The lowest BCUT2D eigenvalue weighted by Gasteiger charge is -2.31. The van der Waals surface area contributed by atoms with E-state index in [2.05, 4.69) is 5.32 Å². The van der Waals surface area contributed by atoms with Crippen molar-refractivity contribution in [3.8, 4) is 0 Å². The Morgan fingerprint density at radius 3 is 2.48 bits per heavy atom. The highest BCUT2D eigenvalue weighted by atomic mass is 32.2. The minimum absolute atomic E-state index is 0.0672. The summed E-state index contributed by atoms with van der Waals surface area (Å²) in [5, 5.41) is 3.12. The van der Waals surface area contributed by atoms with E-state index < -0.39 is 17.2 Å². The standard InChI is InChI=1S/C19H31NO5S2/c1-8-24-16(22)15-14(10-9-12(2)27-13(3)21)19(7,11-26-15)20-17(23)25-18(4,5)6/h12H,8-11H2,1-7H3,(H,20,23)/t12-,19?/m0/s1. The summed E-state index contributed by atoms with van der Waals surface area (Å²) in [4.78, 5) is 36.6. The highest BCUT2D eigenvalue weighted by Gasteiger charge is 2.42. The van der Waals surface area contributed by atoms with Gasteiger partial charge in [0.1, 0.15) is 5.60 Å². The molecule has 1 unspecified atom stereocenters. The van der Waals surface area contributed by atoms with Crippen molar-refractivity contribution in [1.82, 2.24) is 5.32 Å². The largest absolute Gasteiger partial charge is 0.462 e. The summed E-state index contributed by atoms with van der Waals surface area (Å²) in [6.45, 7) is 12.9. The third kappa shape index (κ3) is 7.78. The maximum absolute atomic E-state index is 12.4. The van der Waals surface area contributed by atoms with Crippen LogP contribution >= 0.6 is 23.5 Å². The van der Waals surface area contributed by atoms with Crippen LogP contribution in [-0.2, 0) is 19.1 Å². The van der Waals surface area contributed by atoms with E-state index in [1.165, 1.54) is 23.5 Å². The number of ether oxygens (including phenoxy) is 2. The van der Waals surface area contributed by atoms with E-state index in [-0.39, 0.29) is 16.3 Å². The predicted molar refractivity (Wildman–Crippen MR) is 111 cm³/mol. The van der Waals surface area contributed by atoms with E-state index in [1.807, 2.05) is 13.8 Å². The van der Waals surface area contributed by atoms with Gasteiger partial charge in [0, 0.05) is 17.9 Å². The molecule has 0 aliphatic carbocycles. The minimum atomic E-state index is -0.699. The molecule has 2 atom stereocenters. The quantitative estimate of drug-likeness (QED) is 0.619. The van der Waals surface area contributed by atoms with Gasteiger partial charge in [0.2, 0.25) is 0 Å². The Labute approximate surface area is 170 Å². The molecular weight excluding hydrogens is 386 g/mol. The first-order valence-electron chi connectivity index (χ1n) is 9.10. The molecule has 154 valence electrons. The Kier molecular flexibility index (Phi) is 8.73. The van der Waals surface area contributed by atoms with Crippen LogP contribution in [-0.4, -0.2) is 45.9 Å². The summed E-state index contributed by atoms with van der Waals surface area (Å²) in [7, 11) is 0. The maximum Gasteiger partial charge on any atom is 0.408 e. The predicted octanol–water partition coefficient (Wildman–Crippen LogP) is 4.28. The average Bonchev–Trinajstić information content (AvgIpc) is 2.79. The summed E-state index contributed by atoms with van der Waals surface area (Å²) in [6, 6.07) is 0. The molecule has 27 heavy (non-hydrogen) atoms. The van der Waals surface area contributed by atoms with Crippen LogP contribution in [0.1, 0.15) is 61.3 Å². The highest BCUT2D eigenvalue weighted by Crippen LogP contribution is 2.42. The number of carbonyl (C=O) groups excluding carboxylic acids is 3. The van der Waals surface area contributed by atoms with E-state index >= 15 is 0 Å². The van der Waals surface area contributed by atoms with Crippen molar-refractivity contribution < 1.29 is 23.9 Å². The zero-order valence-corrected chi connectivity index (χ0v) is 18.9. The zero-order valence-electron chi connectivity index (χ0n) is 17.3. The molecular formula is C19H31NO5S2. The Hall–Kier alpha value is -1.15. The molecule has 1 aliphatic heterocycles. The Bertz CT molecular complexity index is 612. The van der Waals surface area contributed by atoms with E-state index in [0.717, 1.165) is 5.57 Å². The molecule has 0 radical (unpaired) electrons. The number of esters is 1. The highest BCUT2D eigenvalue weighted by molar-refractivity contribution is 8.14. The fraction of sp³-hybridized carbons (Fsp3) is 0.737. The van der Waals surface area contributed by atoms with Crippen molar-refractivity contribution in [3.05, 3.63) is 10.5 Å². The van der Waals surface area contributed by atoms with Crippen molar-refractivity contribution >= 4 is 40.7 Å². The average molecular weight is 418 g/mol. The van der Waals surface area contributed by atoms with Gasteiger partial charge in [-0.05, 0) is 53.0 Å². The monoisotopic (exact) mass is 417 g/mol. The molecule has 8 heteroatoms. The number of hydrogen-bond donors (Lipinski definition) is 1. The number of nitrogens with one attached hydrogen (secondary N) is 1. The van der Waals surface area contributed by atoms with Crippen molar-refractivity contribution in [3.63, 3.8) is 0 Å². The Morgan fingerprint density at radius 2 is 1.96 bits per heavy atom. The lowest BCUT2D eigenvalue weighted by Crippen LogP contribution is -2.49. The first-order valence-corrected chi connectivity index (χ1v) is 11.0. The molecule has 1 aliphatic rings. The van der Waals surface area contributed by atoms with Gasteiger partial charge in [0.05, 0.1) is 17.1 Å². The minimum Gasteiger partial charge on any atom is -0.462 e. The van der Waals surface area contributed by atoms with Gasteiger partial charge in [-0.2, -0.15) is 0 Å². The summed E-state index contributed by atoms with van der Waals surface area (Å²) in [6.07, 6.45) is 0.795. The van der Waals surface area contributed by atoms with E-state index in [0.29, 0.717) is 30.1 Å². The number of alkyl carbamates (subject to hydrolysis) is 1. The van der Waals surface area contributed by atoms with Crippen molar-refractivity contribution in [2.24, 2.45) is 0 Å². The SMILES string of the molecule is CCOC(=O)C1=C(CC[C@H](C)SC(C)=O)C(C)(NC(=O)OC(C)(C)C)CS1. The fourth-order valence-electron chi connectivity index (χ4n) is 2.74. The molecule has 1 N–H and O–H groups in total. The van der Waals surface area contributed by atoms with Gasteiger partial charge in [-0.25, -0.2) is 9.59 Å². The lowest BCUT2D eigenvalue weighted by molar-refractivity contribution is -0.137. The first kappa shape index (κ1) is 23.9. The van der Waals surface area contributed by atoms with Crippen LogP contribution < -0.4 is 5.32 Å². The van der Waals surface area contributed by atoms with Gasteiger partial charge in [0.15, 0.2) is 5.12 Å². The topological polar surface area (TPSA) is 81.7 Å². The van der Waals surface area contributed by atoms with Crippen LogP contribution in [0.2, 0.25) is 0 Å². The van der Waals surface area contributed by atoms with Crippen molar-refractivity contribution in [2.45, 2.75) is 77.7 Å². The van der Waals surface area contributed by atoms with E-state index in [9.17, 15) is 14.4 Å². The fourth-order valence-corrected chi connectivity index (χ4v) is 4.90. The number of thioether (sulfide) groups is 2. The Morgan fingerprint density at radius 1 is 1.33 bits per heavy atom. The van der Waals surface area contributed by atoms with Crippen LogP contribution in [0, 0.1) is 0 Å². The van der Waals surface area contributed by atoms with Crippen molar-refractivity contribution in [1.29, 1.82) is 0 Å². The molecule has 1 amide bonds. The van der Waals surface area contributed by atoms with Gasteiger partial charge < -0.3 is 14.8 Å². The molecule has 0 saturated carbocycles. The van der Waals surface area contributed by atoms with Crippen LogP contribution in [0.25, 0.3) is 0 Å². The lowest BCUT2D eigenvalue weighted by atomic mass is 9.89. The van der Waals surface area contributed by atoms with Gasteiger partial charge in [-0.3, -0.25) is 4.79 Å². The van der Waals surface area contributed by atoms with Crippen LogP contribution in [0.5, 0.6) is 0 Å². The third-order valence-electron chi connectivity index (χ3n) is 3.85. The third-order valence-corrected chi connectivity index (χ3v) is 6.24. The van der Waals surface area contributed by atoms with E-state index in [4.69, 9.17) is 9.47 Å². The molecule has 0 aromatic carbocycles. The van der Waals surface area contributed by atoms with E-state index in [1.54, 1.807) is 34.6 Å². The van der Waals surface area contributed by atoms with Crippen LogP contribution in [0.15, 0.2) is 10.5 Å². The molecule has 6 nitrogen and oxygen atoms in total. The summed E-state index contributed by atoms with van der Waals surface area (Å²) in [5.41, 5.74) is -0.463. The van der Waals surface area contributed by atoms with Crippen molar-refractivity contribution in [2.75, 3.05) is 12.4 Å². The van der Waals surface area contributed by atoms with Gasteiger partial charge >= 0.3 is 12.1 Å². The first-order chi connectivity index (χ1) is 12.4. The summed E-state index contributed by atoms with van der Waals surface area (Å²) < 4.78 is 10.6. The molecule has 1 rings (SSSR count). The molecule has 0 spiro atoms. The van der Waals surface area contributed by atoms with Crippen LogP contribution in [0.3, 0.4) is 0 Å². The normalized spacial score (nSPS) is 21.0. The second-order valence-electron chi connectivity index (χ2n) is 7.73. The number of carbonyl (C=O) groups is 3. The number of rotatable bonds is 7. The zero-order chi connectivity index (χ0) is 20.8. The Balaban J connectivity index is 3.01. The smallest absolute Gasteiger partial charge is 0.408 e. The second-order valence-corrected chi connectivity index (χ2v) is 10.3. The van der Waals surface area contributed by atoms with Gasteiger partial charge in [-0.15, -0.1) is 11.8 Å². The molecule has 0 fully saturated rings. The molecule has 1 heterocycles. The summed E-state index contributed by atoms with van der Waals surface area (Å²) in [5.74, 6) is 0.170. The summed E-state index contributed by atoms with van der Waals surface area (Å²) >= 11 is 2.68. The molecule has 0 saturated heterocycles. The number of amides is 1. The van der Waals surface area contributed by atoms with Gasteiger partial charge in [-0.1, -0.05) is 18.7 Å². The molecule has 0 bridgehead atoms.